The van der Waals surface area contributed by atoms with E-state index in [9.17, 15) is 4.79 Å². The van der Waals surface area contributed by atoms with Crippen LogP contribution in [0.4, 0.5) is 0 Å². The second kappa shape index (κ2) is 8.55. The molecule has 1 fully saturated rings. The van der Waals surface area contributed by atoms with Crippen LogP contribution in [0.1, 0.15) is 78.1 Å². The third-order valence-electron chi connectivity index (χ3n) is 4.68. The molecule has 18 heavy (non-hydrogen) atoms. The van der Waals surface area contributed by atoms with E-state index >= 15 is 0 Å². The van der Waals surface area contributed by atoms with Crippen molar-refractivity contribution in [2.45, 2.75) is 78.1 Å². The van der Waals surface area contributed by atoms with Gasteiger partial charge in [-0.3, -0.25) is 4.79 Å². The maximum atomic E-state index is 10.9. The molecule has 0 aromatic rings. The minimum Gasteiger partial charge on any atom is -0.481 e. The summed E-state index contributed by atoms with van der Waals surface area (Å²) in [6.45, 7) is 4.39. The molecule has 3 unspecified atom stereocenters. The Labute approximate surface area is 112 Å². The predicted molar refractivity (Wildman–Crippen MR) is 75.6 cm³/mol. The van der Waals surface area contributed by atoms with Crippen molar-refractivity contribution in [3.8, 4) is 0 Å². The van der Waals surface area contributed by atoms with Gasteiger partial charge in [-0.2, -0.15) is 0 Å². The summed E-state index contributed by atoms with van der Waals surface area (Å²) in [6, 6.07) is 0. The van der Waals surface area contributed by atoms with Gasteiger partial charge in [-0.1, -0.05) is 58.8 Å². The van der Waals surface area contributed by atoms with E-state index < -0.39 is 5.97 Å². The number of carboxylic acid groups (broad SMARTS) is 1. The highest BCUT2D eigenvalue weighted by atomic mass is 16.4. The van der Waals surface area contributed by atoms with Crippen LogP contribution in [0.5, 0.6) is 0 Å². The van der Waals surface area contributed by atoms with E-state index in [2.05, 4.69) is 13.8 Å². The number of carbonyl (C=O) groups is 1. The van der Waals surface area contributed by atoms with Crippen molar-refractivity contribution in [2.24, 2.45) is 17.8 Å². The van der Waals surface area contributed by atoms with E-state index in [1.807, 2.05) is 0 Å². The molecule has 1 rings (SSSR count). The lowest BCUT2D eigenvalue weighted by molar-refractivity contribution is -0.138. The first-order valence-corrected chi connectivity index (χ1v) is 7.89. The van der Waals surface area contributed by atoms with Crippen molar-refractivity contribution in [3.05, 3.63) is 0 Å². The van der Waals surface area contributed by atoms with Gasteiger partial charge in [0.25, 0.3) is 0 Å². The summed E-state index contributed by atoms with van der Waals surface area (Å²) in [5.74, 6) is 1.37. The van der Waals surface area contributed by atoms with E-state index in [0.29, 0.717) is 18.3 Å². The fourth-order valence-corrected chi connectivity index (χ4v) is 3.53. The molecule has 0 bridgehead atoms. The molecule has 106 valence electrons. The Morgan fingerprint density at radius 1 is 1.22 bits per heavy atom. The molecule has 0 aliphatic heterocycles. The molecule has 2 heteroatoms. The van der Waals surface area contributed by atoms with Crippen LogP contribution < -0.4 is 0 Å². The number of aliphatic carboxylic acids is 1. The molecule has 0 spiro atoms. The normalized spacial score (nSPS) is 25.2. The summed E-state index contributed by atoms with van der Waals surface area (Å²) in [7, 11) is 0. The molecule has 2 nitrogen and oxygen atoms in total. The first kappa shape index (κ1) is 15.5. The average Bonchev–Trinajstić information content (AvgIpc) is 2.80. The molecule has 0 saturated heterocycles. The van der Waals surface area contributed by atoms with Gasteiger partial charge in [0.1, 0.15) is 0 Å². The van der Waals surface area contributed by atoms with Crippen molar-refractivity contribution >= 4 is 5.97 Å². The molecule has 0 aromatic carbocycles. The zero-order valence-electron chi connectivity index (χ0n) is 12.2. The Balaban J connectivity index is 2.24. The van der Waals surface area contributed by atoms with Crippen LogP contribution in [0, 0.1) is 17.8 Å². The minimum absolute atomic E-state index is 0.379. The number of rotatable bonds is 9. The lowest BCUT2D eigenvalue weighted by atomic mass is 9.85. The Bertz CT molecular complexity index is 237. The van der Waals surface area contributed by atoms with Crippen LogP contribution in [0.15, 0.2) is 0 Å². The molecule has 0 heterocycles. The van der Waals surface area contributed by atoms with Crippen LogP contribution in [-0.4, -0.2) is 11.1 Å². The minimum atomic E-state index is -0.617. The Kier molecular flexibility index (Phi) is 7.38. The summed E-state index contributed by atoms with van der Waals surface area (Å²) in [5, 5.41) is 8.94. The van der Waals surface area contributed by atoms with Crippen LogP contribution >= 0.6 is 0 Å². The first-order valence-electron chi connectivity index (χ1n) is 7.89. The van der Waals surface area contributed by atoms with Crippen molar-refractivity contribution in [2.75, 3.05) is 0 Å². The van der Waals surface area contributed by atoms with Gasteiger partial charge in [-0.25, -0.2) is 0 Å². The fraction of sp³-hybridized carbons (Fsp3) is 0.938. The summed E-state index contributed by atoms with van der Waals surface area (Å²) in [5.41, 5.74) is 0. The molecular formula is C16H30O2. The fourth-order valence-electron chi connectivity index (χ4n) is 3.53. The Morgan fingerprint density at radius 3 is 2.61 bits per heavy atom. The molecule has 3 atom stereocenters. The molecule has 1 aliphatic rings. The van der Waals surface area contributed by atoms with E-state index in [1.54, 1.807) is 0 Å². The van der Waals surface area contributed by atoms with Gasteiger partial charge < -0.3 is 5.11 Å². The zero-order valence-corrected chi connectivity index (χ0v) is 12.2. The van der Waals surface area contributed by atoms with E-state index in [0.717, 1.165) is 12.3 Å². The monoisotopic (exact) mass is 254 g/mol. The highest BCUT2D eigenvalue weighted by Crippen LogP contribution is 2.40. The maximum Gasteiger partial charge on any atom is 0.303 e. The quantitative estimate of drug-likeness (QED) is 0.596. The lowest BCUT2D eigenvalue weighted by Crippen LogP contribution is -2.15. The van der Waals surface area contributed by atoms with Crippen molar-refractivity contribution in [3.63, 3.8) is 0 Å². The summed E-state index contributed by atoms with van der Waals surface area (Å²) < 4.78 is 0. The predicted octanol–water partition coefficient (Wildman–Crippen LogP) is 4.87. The van der Waals surface area contributed by atoms with E-state index in [4.69, 9.17) is 5.11 Å². The largest absolute Gasteiger partial charge is 0.481 e. The van der Waals surface area contributed by atoms with Crippen molar-refractivity contribution in [1.82, 2.24) is 0 Å². The van der Waals surface area contributed by atoms with Gasteiger partial charge in [-0.05, 0) is 30.6 Å². The van der Waals surface area contributed by atoms with Gasteiger partial charge in [0.05, 0.1) is 0 Å². The van der Waals surface area contributed by atoms with Gasteiger partial charge >= 0.3 is 5.97 Å². The molecule has 1 N–H and O–H groups in total. The van der Waals surface area contributed by atoms with Gasteiger partial charge in [-0.15, -0.1) is 0 Å². The zero-order chi connectivity index (χ0) is 13.4. The maximum absolute atomic E-state index is 10.9. The Hall–Kier alpha value is -0.530. The summed E-state index contributed by atoms with van der Waals surface area (Å²) >= 11 is 0. The van der Waals surface area contributed by atoms with Gasteiger partial charge in [0, 0.05) is 6.42 Å². The highest BCUT2D eigenvalue weighted by Gasteiger charge is 2.30. The lowest BCUT2D eigenvalue weighted by Gasteiger charge is -2.20. The van der Waals surface area contributed by atoms with Crippen LogP contribution in [0.25, 0.3) is 0 Å². The molecule has 0 radical (unpaired) electrons. The standard InChI is InChI=1S/C16H30O2/c1-3-5-6-7-8-13-9-10-15(11-13)14(4-2)12-16(17)18/h13-15H,3-12H2,1-2H3,(H,17,18). The van der Waals surface area contributed by atoms with Gasteiger partial charge in [0.15, 0.2) is 0 Å². The van der Waals surface area contributed by atoms with Crippen molar-refractivity contribution < 1.29 is 9.90 Å². The topological polar surface area (TPSA) is 37.3 Å². The van der Waals surface area contributed by atoms with Crippen LogP contribution in [0.2, 0.25) is 0 Å². The SMILES string of the molecule is CCCCCCC1CCC(C(CC)CC(=O)O)C1. The third kappa shape index (κ3) is 5.41. The van der Waals surface area contributed by atoms with Crippen LogP contribution in [0.3, 0.4) is 0 Å². The summed E-state index contributed by atoms with van der Waals surface area (Å²) in [4.78, 5) is 10.9. The van der Waals surface area contributed by atoms with Gasteiger partial charge in [0.2, 0.25) is 0 Å². The van der Waals surface area contributed by atoms with E-state index in [1.165, 1.54) is 51.4 Å². The van der Waals surface area contributed by atoms with E-state index in [-0.39, 0.29) is 0 Å². The molecule has 0 amide bonds. The number of hydrogen-bond donors (Lipinski definition) is 1. The van der Waals surface area contributed by atoms with Crippen LogP contribution in [-0.2, 0) is 4.79 Å². The number of unbranched alkanes of at least 4 members (excludes halogenated alkanes) is 3. The second-order valence-corrected chi connectivity index (χ2v) is 6.05. The highest BCUT2D eigenvalue weighted by molar-refractivity contribution is 5.67. The molecule has 1 saturated carbocycles. The second-order valence-electron chi connectivity index (χ2n) is 6.05. The number of carboxylic acids is 1. The first-order chi connectivity index (χ1) is 8.67. The summed E-state index contributed by atoms with van der Waals surface area (Å²) in [6.07, 6.45) is 12.1. The molecule has 1 aliphatic carbocycles. The molecular weight excluding hydrogens is 224 g/mol. The molecule has 0 aromatic heterocycles. The third-order valence-corrected chi connectivity index (χ3v) is 4.68. The van der Waals surface area contributed by atoms with Crippen molar-refractivity contribution in [1.29, 1.82) is 0 Å². The average molecular weight is 254 g/mol. The smallest absolute Gasteiger partial charge is 0.303 e. The number of hydrogen-bond acceptors (Lipinski definition) is 1. The Morgan fingerprint density at radius 2 is 2.00 bits per heavy atom.